The van der Waals surface area contributed by atoms with Gasteiger partial charge in [-0.3, -0.25) is 0 Å². The summed E-state index contributed by atoms with van der Waals surface area (Å²) in [7, 11) is 1.92. The summed E-state index contributed by atoms with van der Waals surface area (Å²) in [4.78, 5) is 9.32. The van der Waals surface area contributed by atoms with Crippen molar-refractivity contribution in [3.05, 3.63) is 11.4 Å². The van der Waals surface area contributed by atoms with Crippen LogP contribution in [0.4, 0.5) is 11.6 Å². The molecule has 0 amide bonds. The van der Waals surface area contributed by atoms with Gasteiger partial charge >= 0.3 is 0 Å². The average molecular weight is 290 g/mol. The molecule has 21 heavy (non-hydrogen) atoms. The van der Waals surface area contributed by atoms with E-state index in [9.17, 15) is 0 Å². The first-order chi connectivity index (χ1) is 10.0. The zero-order valence-electron chi connectivity index (χ0n) is 14.2. The zero-order valence-corrected chi connectivity index (χ0v) is 14.2. The maximum Gasteiger partial charge on any atom is 0.135 e. The SMILES string of the molecule is CNc1nc(C(C)C)nc(NCC2CCCC(C)C2)c1C. The summed E-state index contributed by atoms with van der Waals surface area (Å²) in [5, 5.41) is 6.77. The monoisotopic (exact) mass is 290 g/mol. The Bertz CT molecular complexity index is 470. The molecule has 0 aromatic carbocycles. The van der Waals surface area contributed by atoms with Crippen molar-refractivity contribution < 1.29 is 0 Å². The minimum atomic E-state index is 0.341. The third-order valence-electron chi connectivity index (χ3n) is 4.52. The normalized spacial score (nSPS) is 22.4. The quantitative estimate of drug-likeness (QED) is 0.853. The highest BCUT2D eigenvalue weighted by atomic mass is 15.1. The fraction of sp³-hybridized carbons (Fsp3) is 0.765. The number of aromatic nitrogens is 2. The van der Waals surface area contributed by atoms with E-state index in [0.29, 0.717) is 5.92 Å². The van der Waals surface area contributed by atoms with Gasteiger partial charge in [-0.2, -0.15) is 0 Å². The van der Waals surface area contributed by atoms with Crippen molar-refractivity contribution >= 4 is 11.6 Å². The number of rotatable bonds is 5. The summed E-state index contributed by atoms with van der Waals surface area (Å²) in [6.45, 7) is 9.76. The first kappa shape index (κ1) is 16.1. The van der Waals surface area contributed by atoms with Crippen LogP contribution in [0.3, 0.4) is 0 Å². The number of nitrogens with one attached hydrogen (secondary N) is 2. The van der Waals surface area contributed by atoms with Crippen molar-refractivity contribution in [1.82, 2.24) is 9.97 Å². The van der Waals surface area contributed by atoms with Crippen molar-refractivity contribution in [1.29, 1.82) is 0 Å². The van der Waals surface area contributed by atoms with Crippen molar-refractivity contribution in [3.8, 4) is 0 Å². The van der Waals surface area contributed by atoms with E-state index in [-0.39, 0.29) is 0 Å². The molecule has 1 aromatic heterocycles. The maximum absolute atomic E-state index is 4.72. The third kappa shape index (κ3) is 4.08. The van der Waals surface area contributed by atoms with Crippen molar-refractivity contribution in [2.24, 2.45) is 11.8 Å². The van der Waals surface area contributed by atoms with Gasteiger partial charge in [0.15, 0.2) is 0 Å². The largest absolute Gasteiger partial charge is 0.373 e. The molecule has 4 heteroatoms. The van der Waals surface area contributed by atoms with Gasteiger partial charge in [-0.1, -0.05) is 33.6 Å². The van der Waals surface area contributed by atoms with Gasteiger partial charge in [0.25, 0.3) is 0 Å². The molecule has 1 aliphatic carbocycles. The Morgan fingerprint density at radius 2 is 1.90 bits per heavy atom. The van der Waals surface area contributed by atoms with Crippen LogP contribution in [-0.4, -0.2) is 23.6 Å². The van der Waals surface area contributed by atoms with Gasteiger partial charge in [0.1, 0.15) is 17.5 Å². The minimum absolute atomic E-state index is 0.341. The van der Waals surface area contributed by atoms with Crippen LogP contribution in [0.1, 0.15) is 63.8 Å². The van der Waals surface area contributed by atoms with Crippen LogP contribution >= 0.6 is 0 Å². The number of hydrogen-bond acceptors (Lipinski definition) is 4. The molecule has 1 aliphatic rings. The average Bonchev–Trinajstić information content (AvgIpc) is 2.46. The predicted molar refractivity (Wildman–Crippen MR) is 90.0 cm³/mol. The molecule has 2 rings (SSSR count). The first-order valence-electron chi connectivity index (χ1n) is 8.31. The standard InChI is InChI=1S/C17H30N4/c1-11(2)15-20-16(18-5)13(4)17(21-15)19-10-14-8-6-7-12(3)9-14/h11-12,14H,6-10H2,1-5H3,(H2,18,19,20,21). The lowest BCUT2D eigenvalue weighted by molar-refractivity contribution is 0.293. The zero-order chi connectivity index (χ0) is 15.4. The van der Waals surface area contributed by atoms with Crippen molar-refractivity contribution in [2.45, 2.75) is 59.3 Å². The molecule has 1 heterocycles. The van der Waals surface area contributed by atoms with Crippen LogP contribution in [-0.2, 0) is 0 Å². The van der Waals surface area contributed by atoms with Crippen molar-refractivity contribution in [2.75, 3.05) is 24.2 Å². The predicted octanol–water partition coefficient (Wildman–Crippen LogP) is 4.19. The van der Waals surface area contributed by atoms with Gasteiger partial charge in [-0.15, -0.1) is 0 Å². The highest BCUT2D eigenvalue weighted by Gasteiger charge is 2.19. The molecule has 2 N–H and O–H groups in total. The molecular formula is C17H30N4. The Labute approximate surface area is 129 Å². The van der Waals surface area contributed by atoms with E-state index >= 15 is 0 Å². The Kier molecular flexibility index (Phi) is 5.43. The highest BCUT2D eigenvalue weighted by molar-refractivity contribution is 5.57. The van der Waals surface area contributed by atoms with Gasteiger partial charge in [0.05, 0.1) is 0 Å². The van der Waals surface area contributed by atoms with Crippen LogP contribution in [0.15, 0.2) is 0 Å². The molecule has 4 nitrogen and oxygen atoms in total. The molecule has 118 valence electrons. The Hall–Kier alpha value is -1.32. The smallest absolute Gasteiger partial charge is 0.135 e. The molecule has 0 spiro atoms. The molecule has 1 saturated carbocycles. The van der Waals surface area contributed by atoms with Crippen LogP contribution in [0, 0.1) is 18.8 Å². The Morgan fingerprint density at radius 3 is 2.52 bits per heavy atom. The summed E-state index contributed by atoms with van der Waals surface area (Å²) >= 11 is 0. The number of anilines is 2. The van der Waals surface area contributed by atoms with Crippen LogP contribution < -0.4 is 10.6 Å². The summed E-state index contributed by atoms with van der Waals surface area (Å²) in [6.07, 6.45) is 5.45. The van der Waals surface area contributed by atoms with E-state index in [2.05, 4.69) is 43.3 Å². The van der Waals surface area contributed by atoms with Gasteiger partial charge in [0.2, 0.25) is 0 Å². The molecule has 0 radical (unpaired) electrons. The van der Waals surface area contributed by atoms with Crippen LogP contribution in [0.2, 0.25) is 0 Å². The third-order valence-corrected chi connectivity index (χ3v) is 4.52. The summed E-state index contributed by atoms with van der Waals surface area (Å²) in [5.41, 5.74) is 1.12. The van der Waals surface area contributed by atoms with Gasteiger partial charge in [-0.05, 0) is 31.6 Å². The molecule has 0 bridgehead atoms. The first-order valence-corrected chi connectivity index (χ1v) is 8.31. The van der Waals surface area contributed by atoms with Gasteiger partial charge < -0.3 is 10.6 Å². The lowest BCUT2D eigenvalue weighted by atomic mass is 9.82. The second kappa shape index (κ2) is 7.10. The second-order valence-electron chi connectivity index (χ2n) is 6.83. The molecular weight excluding hydrogens is 260 g/mol. The number of nitrogens with zero attached hydrogens (tertiary/aromatic N) is 2. The van der Waals surface area contributed by atoms with E-state index in [0.717, 1.165) is 41.4 Å². The van der Waals surface area contributed by atoms with Crippen LogP contribution in [0.5, 0.6) is 0 Å². The highest BCUT2D eigenvalue weighted by Crippen LogP contribution is 2.29. The van der Waals surface area contributed by atoms with Crippen LogP contribution in [0.25, 0.3) is 0 Å². The van der Waals surface area contributed by atoms with E-state index < -0.39 is 0 Å². The summed E-state index contributed by atoms with van der Waals surface area (Å²) < 4.78 is 0. The lowest BCUT2D eigenvalue weighted by Gasteiger charge is -2.27. The molecule has 1 fully saturated rings. The van der Waals surface area contributed by atoms with E-state index in [1.54, 1.807) is 0 Å². The summed E-state index contributed by atoms with van der Waals surface area (Å²) in [5.74, 6) is 4.83. The van der Waals surface area contributed by atoms with Crippen molar-refractivity contribution in [3.63, 3.8) is 0 Å². The molecule has 0 saturated heterocycles. The molecule has 0 aliphatic heterocycles. The maximum atomic E-state index is 4.72. The fourth-order valence-corrected chi connectivity index (χ4v) is 3.19. The molecule has 1 aromatic rings. The Balaban J connectivity index is 2.09. The van der Waals surface area contributed by atoms with E-state index in [1.807, 2.05) is 7.05 Å². The van der Waals surface area contributed by atoms with E-state index in [4.69, 9.17) is 4.98 Å². The fourth-order valence-electron chi connectivity index (χ4n) is 3.19. The second-order valence-corrected chi connectivity index (χ2v) is 6.83. The van der Waals surface area contributed by atoms with Gasteiger partial charge in [0, 0.05) is 25.1 Å². The molecule has 2 unspecified atom stereocenters. The topological polar surface area (TPSA) is 49.8 Å². The lowest BCUT2D eigenvalue weighted by Crippen LogP contribution is -2.22. The van der Waals surface area contributed by atoms with E-state index in [1.165, 1.54) is 25.7 Å². The van der Waals surface area contributed by atoms with Gasteiger partial charge in [-0.25, -0.2) is 9.97 Å². The summed E-state index contributed by atoms with van der Waals surface area (Å²) in [6, 6.07) is 0. The number of hydrogen-bond donors (Lipinski definition) is 2. The minimum Gasteiger partial charge on any atom is -0.373 e. The molecule has 2 atom stereocenters. The Morgan fingerprint density at radius 1 is 1.19 bits per heavy atom.